The van der Waals surface area contributed by atoms with Gasteiger partial charge in [-0.15, -0.1) is 0 Å². The zero-order valence-corrected chi connectivity index (χ0v) is 11.4. The van der Waals surface area contributed by atoms with Gasteiger partial charge >= 0.3 is 0 Å². The van der Waals surface area contributed by atoms with E-state index in [9.17, 15) is 0 Å². The Morgan fingerprint density at radius 3 is 2.78 bits per heavy atom. The summed E-state index contributed by atoms with van der Waals surface area (Å²) >= 11 is 0. The summed E-state index contributed by atoms with van der Waals surface area (Å²) in [4.78, 5) is 8.80. The minimum Gasteiger partial charge on any atom is -0.477 e. The van der Waals surface area contributed by atoms with Gasteiger partial charge < -0.3 is 15.2 Å². The van der Waals surface area contributed by atoms with Gasteiger partial charge in [0.25, 0.3) is 0 Å². The predicted molar refractivity (Wildman–Crippen MR) is 72.1 cm³/mol. The fourth-order valence-corrected chi connectivity index (χ4v) is 1.36. The summed E-state index contributed by atoms with van der Waals surface area (Å²) in [6.45, 7) is 7.69. The first kappa shape index (κ1) is 14.7. The van der Waals surface area contributed by atoms with Crippen LogP contribution in [0, 0.1) is 0 Å². The molecule has 1 rings (SSSR count). The van der Waals surface area contributed by atoms with Crippen LogP contribution in [-0.4, -0.2) is 34.8 Å². The summed E-state index contributed by atoms with van der Waals surface area (Å²) in [5, 5.41) is 12.0. The van der Waals surface area contributed by atoms with Crippen LogP contribution in [-0.2, 0) is 0 Å². The molecule has 18 heavy (non-hydrogen) atoms. The van der Waals surface area contributed by atoms with Crippen LogP contribution >= 0.6 is 0 Å². The van der Waals surface area contributed by atoms with Crippen molar-refractivity contribution in [3.05, 3.63) is 11.9 Å². The highest BCUT2D eigenvalue weighted by atomic mass is 16.5. The lowest BCUT2D eigenvalue weighted by Crippen LogP contribution is -2.09. The standard InChI is InChI=1S/C13H23N3O2/c1-4-6-14-11-9-12(18-8-5-7-17)16-13(15-11)10(2)3/h9-10,17H,4-8H2,1-3H3,(H,14,15,16). The maximum Gasteiger partial charge on any atom is 0.218 e. The van der Waals surface area contributed by atoms with Crippen LogP contribution in [0.4, 0.5) is 5.82 Å². The van der Waals surface area contributed by atoms with E-state index >= 15 is 0 Å². The molecule has 1 aromatic rings. The highest BCUT2D eigenvalue weighted by Gasteiger charge is 2.08. The van der Waals surface area contributed by atoms with Crippen LogP contribution in [0.3, 0.4) is 0 Å². The first-order valence-corrected chi connectivity index (χ1v) is 6.53. The summed E-state index contributed by atoms with van der Waals surface area (Å²) in [7, 11) is 0. The van der Waals surface area contributed by atoms with E-state index in [-0.39, 0.29) is 12.5 Å². The van der Waals surface area contributed by atoms with Gasteiger partial charge in [0.15, 0.2) is 0 Å². The highest BCUT2D eigenvalue weighted by Crippen LogP contribution is 2.18. The van der Waals surface area contributed by atoms with Crippen molar-refractivity contribution in [2.45, 2.75) is 39.5 Å². The molecule has 0 atom stereocenters. The van der Waals surface area contributed by atoms with E-state index in [0.717, 1.165) is 24.6 Å². The SMILES string of the molecule is CCCNc1cc(OCCCO)nc(C(C)C)n1. The number of aliphatic hydroxyl groups is 1. The fraction of sp³-hybridized carbons (Fsp3) is 0.692. The molecule has 0 saturated carbocycles. The van der Waals surface area contributed by atoms with Gasteiger partial charge in [0.1, 0.15) is 11.6 Å². The molecular weight excluding hydrogens is 230 g/mol. The number of aromatic nitrogens is 2. The topological polar surface area (TPSA) is 67.3 Å². The molecule has 0 amide bonds. The summed E-state index contributed by atoms with van der Waals surface area (Å²) < 4.78 is 5.51. The van der Waals surface area contributed by atoms with Crippen molar-refractivity contribution in [3.8, 4) is 5.88 Å². The monoisotopic (exact) mass is 253 g/mol. The van der Waals surface area contributed by atoms with Gasteiger partial charge in [-0.3, -0.25) is 0 Å². The molecule has 0 saturated heterocycles. The van der Waals surface area contributed by atoms with E-state index in [1.54, 1.807) is 6.07 Å². The van der Waals surface area contributed by atoms with Gasteiger partial charge in [0, 0.05) is 31.6 Å². The molecule has 1 heterocycles. The van der Waals surface area contributed by atoms with Crippen LogP contribution in [0.1, 0.15) is 45.4 Å². The molecule has 0 aliphatic rings. The Bertz CT molecular complexity index is 356. The van der Waals surface area contributed by atoms with Crippen LogP contribution in [0.5, 0.6) is 5.88 Å². The molecule has 0 spiro atoms. The number of nitrogens with zero attached hydrogens (tertiary/aromatic N) is 2. The molecule has 0 unspecified atom stereocenters. The van der Waals surface area contributed by atoms with Crippen LogP contribution in [0.2, 0.25) is 0 Å². The van der Waals surface area contributed by atoms with Crippen LogP contribution < -0.4 is 10.1 Å². The number of hydrogen-bond donors (Lipinski definition) is 2. The van der Waals surface area contributed by atoms with Gasteiger partial charge in [0.05, 0.1) is 6.61 Å². The average Bonchev–Trinajstić information content (AvgIpc) is 2.36. The van der Waals surface area contributed by atoms with Crippen molar-refractivity contribution < 1.29 is 9.84 Å². The molecule has 0 aromatic carbocycles. The third-order valence-corrected chi connectivity index (χ3v) is 2.34. The third-order valence-electron chi connectivity index (χ3n) is 2.34. The lowest BCUT2D eigenvalue weighted by atomic mass is 10.2. The van der Waals surface area contributed by atoms with Crippen molar-refractivity contribution in [2.75, 3.05) is 25.1 Å². The number of aliphatic hydroxyl groups excluding tert-OH is 1. The van der Waals surface area contributed by atoms with Crippen molar-refractivity contribution in [3.63, 3.8) is 0 Å². The molecule has 5 heteroatoms. The average molecular weight is 253 g/mol. The molecular formula is C13H23N3O2. The van der Waals surface area contributed by atoms with E-state index in [4.69, 9.17) is 9.84 Å². The molecule has 0 radical (unpaired) electrons. The fourth-order valence-electron chi connectivity index (χ4n) is 1.36. The number of anilines is 1. The van der Waals surface area contributed by atoms with Gasteiger partial charge in [-0.25, -0.2) is 4.98 Å². The smallest absolute Gasteiger partial charge is 0.218 e. The molecule has 0 bridgehead atoms. The van der Waals surface area contributed by atoms with Gasteiger partial charge in [-0.1, -0.05) is 20.8 Å². The normalized spacial score (nSPS) is 10.7. The van der Waals surface area contributed by atoms with Crippen molar-refractivity contribution in [2.24, 2.45) is 0 Å². The third kappa shape index (κ3) is 4.87. The summed E-state index contributed by atoms with van der Waals surface area (Å²) in [6, 6.07) is 1.80. The summed E-state index contributed by atoms with van der Waals surface area (Å²) in [5.41, 5.74) is 0. The molecule has 0 aliphatic heterocycles. The molecule has 2 N–H and O–H groups in total. The first-order chi connectivity index (χ1) is 8.67. The number of hydrogen-bond acceptors (Lipinski definition) is 5. The predicted octanol–water partition coefficient (Wildman–Crippen LogP) is 2.18. The zero-order chi connectivity index (χ0) is 13.4. The molecule has 0 aliphatic carbocycles. The number of ether oxygens (including phenoxy) is 1. The lowest BCUT2D eigenvalue weighted by Gasteiger charge is -2.11. The van der Waals surface area contributed by atoms with Gasteiger partial charge in [-0.2, -0.15) is 4.98 Å². The van der Waals surface area contributed by atoms with E-state index in [1.165, 1.54) is 0 Å². The van der Waals surface area contributed by atoms with Crippen molar-refractivity contribution >= 4 is 5.82 Å². The van der Waals surface area contributed by atoms with E-state index in [0.29, 0.717) is 18.9 Å². The summed E-state index contributed by atoms with van der Waals surface area (Å²) in [5.74, 6) is 2.40. The Kier molecular flexibility index (Phi) is 6.43. The Balaban J connectivity index is 2.77. The largest absolute Gasteiger partial charge is 0.477 e. The lowest BCUT2D eigenvalue weighted by molar-refractivity contribution is 0.228. The maximum absolute atomic E-state index is 8.73. The second kappa shape index (κ2) is 7.87. The second-order valence-corrected chi connectivity index (χ2v) is 4.46. The van der Waals surface area contributed by atoms with Crippen molar-refractivity contribution in [1.29, 1.82) is 0 Å². The number of nitrogens with one attached hydrogen (secondary N) is 1. The van der Waals surface area contributed by atoms with E-state index in [2.05, 4.69) is 36.1 Å². The Hall–Kier alpha value is -1.36. The zero-order valence-electron chi connectivity index (χ0n) is 11.4. The molecule has 5 nitrogen and oxygen atoms in total. The Labute approximate surface area is 109 Å². The first-order valence-electron chi connectivity index (χ1n) is 6.53. The van der Waals surface area contributed by atoms with Gasteiger partial charge in [-0.05, 0) is 6.42 Å². The quantitative estimate of drug-likeness (QED) is 0.695. The van der Waals surface area contributed by atoms with E-state index in [1.807, 2.05) is 0 Å². The Morgan fingerprint density at radius 2 is 2.17 bits per heavy atom. The minimum atomic E-state index is 0.128. The molecule has 0 fully saturated rings. The van der Waals surface area contributed by atoms with E-state index < -0.39 is 0 Å². The van der Waals surface area contributed by atoms with Gasteiger partial charge in [0.2, 0.25) is 5.88 Å². The minimum absolute atomic E-state index is 0.128. The second-order valence-electron chi connectivity index (χ2n) is 4.46. The van der Waals surface area contributed by atoms with Crippen molar-refractivity contribution in [1.82, 2.24) is 9.97 Å². The molecule has 1 aromatic heterocycles. The maximum atomic E-state index is 8.73. The number of rotatable bonds is 8. The molecule has 102 valence electrons. The highest BCUT2D eigenvalue weighted by molar-refractivity contribution is 5.38. The summed E-state index contributed by atoms with van der Waals surface area (Å²) in [6.07, 6.45) is 1.65. The Morgan fingerprint density at radius 1 is 1.39 bits per heavy atom. The van der Waals surface area contributed by atoms with Crippen LogP contribution in [0.25, 0.3) is 0 Å². The van der Waals surface area contributed by atoms with Crippen LogP contribution in [0.15, 0.2) is 6.07 Å².